The highest BCUT2D eigenvalue weighted by Crippen LogP contribution is 2.38. The Labute approximate surface area is 165 Å². The van der Waals surface area contributed by atoms with E-state index in [9.17, 15) is 0 Å². The van der Waals surface area contributed by atoms with E-state index < -0.39 is 0 Å². The van der Waals surface area contributed by atoms with Gasteiger partial charge in [0.15, 0.2) is 0 Å². The van der Waals surface area contributed by atoms with Gasteiger partial charge in [0, 0.05) is 18.0 Å². The van der Waals surface area contributed by atoms with Crippen LogP contribution in [0.5, 0.6) is 0 Å². The van der Waals surface area contributed by atoms with Crippen LogP contribution >= 0.6 is 0 Å². The van der Waals surface area contributed by atoms with Crippen molar-refractivity contribution in [3.05, 3.63) is 120 Å². The molecule has 0 spiro atoms. The van der Waals surface area contributed by atoms with E-state index in [1.54, 1.807) is 0 Å². The van der Waals surface area contributed by atoms with Gasteiger partial charge >= 0.3 is 0 Å². The van der Waals surface area contributed by atoms with E-state index in [1.807, 2.05) is 103 Å². The average Bonchev–Trinajstić information content (AvgIpc) is 2.78. The molecule has 0 fully saturated rings. The van der Waals surface area contributed by atoms with Gasteiger partial charge in [-0.2, -0.15) is 0 Å². The first-order chi connectivity index (χ1) is 13.9. The highest BCUT2D eigenvalue weighted by Gasteiger charge is 2.08. The Hall–Kier alpha value is -3.78. The van der Waals surface area contributed by atoms with E-state index in [-0.39, 0.29) is 0 Å². The van der Waals surface area contributed by atoms with Crippen molar-refractivity contribution in [2.24, 2.45) is 9.98 Å². The molecule has 0 amide bonds. The van der Waals surface area contributed by atoms with Crippen molar-refractivity contribution >= 4 is 23.8 Å². The number of nitrogens with zero attached hydrogens (tertiary/aromatic N) is 2. The Bertz CT molecular complexity index is 1080. The molecule has 0 aliphatic heterocycles. The molecule has 4 aromatic carbocycles. The molecule has 0 aromatic heterocycles. The van der Waals surface area contributed by atoms with Gasteiger partial charge in [0.05, 0.1) is 11.4 Å². The van der Waals surface area contributed by atoms with Crippen LogP contribution in [0.3, 0.4) is 0 Å². The van der Waals surface area contributed by atoms with Crippen molar-refractivity contribution in [3.63, 3.8) is 0 Å². The Balaban J connectivity index is 1.79. The average molecular weight is 360 g/mol. The number of rotatable bonds is 5. The third-order valence-electron chi connectivity index (χ3n) is 4.39. The third kappa shape index (κ3) is 4.30. The van der Waals surface area contributed by atoms with Crippen LogP contribution in [-0.4, -0.2) is 12.4 Å². The van der Waals surface area contributed by atoms with E-state index in [4.69, 9.17) is 9.98 Å². The lowest BCUT2D eigenvalue weighted by atomic mass is 10.0. The van der Waals surface area contributed by atoms with Gasteiger partial charge in [-0.15, -0.1) is 0 Å². The van der Waals surface area contributed by atoms with Crippen molar-refractivity contribution < 1.29 is 0 Å². The molecule has 0 aliphatic rings. The molecule has 28 heavy (non-hydrogen) atoms. The second-order valence-corrected chi connectivity index (χ2v) is 6.38. The number of para-hydroxylation sites is 1. The predicted molar refractivity (Wildman–Crippen MR) is 119 cm³/mol. The molecule has 0 saturated heterocycles. The topological polar surface area (TPSA) is 24.7 Å². The molecule has 0 bridgehead atoms. The van der Waals surface area contributed by atoms with E-state index in [0.717, 1.165) is 33.6 Å². The number of aliphatic imine (C=N–C) groups is 2. The van der Waals surface area contributed by atoms with E-state index in [1.165, 1.54) is 0 Å². The van der Waals surface area contributed by atoms with E-state index in [2.05, 4.69) is 18.2 Å². The van der Waals surface area contributed by atoms with Gasteiger partial charge in [-0.1, -0.05) is 103 Å². The van der Waals surface area contributed by atoms with Crippen LogP contribution in [-0.2, 0) is 0 Å². The first kappa shape index (κ1) is 17.6. The molecule has 2 heteroatoms. The zero-order valence-corrected chi connectivity index (χ0v) is 15.4. The van der Waals surface area contributed by atoms with Gasteiger partial charge in [0.25, 0.3) is 0 Å². The van der Waals surface area contributed by atoms with Gasteiger partial charge in [-0.05, 0) is 22.8 Å². The van der Waals surface area contributed by atoms with Crippen molar-refractivity contribution in [3.8, 4) is 11.1 Å². The first-order valence-electron chi connectivity index (χ1n) is 9.27. The van der Waals surface area contributed by atoms with Crippen LogP contribution in [0.15, 0.2) is 119 Å². The summed E-state index contributed by atoms with van der Waals surface area (Å²) in [6.07, 6.45) is 3.77. The monoisotopic (exact) mass is 360 g/mol. The molecule has 0 atom stereocenters. The minimum atomic E-state index is 0.845. The van der Waals surface area contributed by atoms with Crippen LogP contribution in [0, 0.1) is 0 Å². The standard InChI is InChI=1S/C26H20N2/c1-4-11-21(12-5-1)19-27-25-18-10-17-24(23-15-8-3-9-16-23)26(25)28-20-22-13-6-2-7-14-22/h1-20H. The zero-order chi connectivity index (χ0) is 19.0. The van der Waals surface area contributed by atoms with Gasteiger partial charge < -0.3 is 0 Å². The molecule has 0 aliphatic carbocycles. The third-order valence-corrected chi connectivity index (χ3v) is 4.39. The largest absolute Gasteiger partial charge is 0.254 e. The van der Waals surface area contributed by atoms with Crippen LogP contribution in [0.4, 0.5) is 11.4 Å². The minimum Gasteiger partial charge on any atom is -0.254 e. The molecule has 0 unspecified atom stereocenters. The smallest absolute Gasteiger partial charge is 0.0964 e. The fourth-order valence-corrected chi connectivity index (χ4v) is 2.98. The molecule has 0 heterocycles. The Morgan fingerprint density at radius 1 is 0.464 bits per heavy atom. The summed E-state index contributed by atoms with van der Waals surface area (Å²) in [6, 6.07) is 36.6. The number of benzene rings is 4. The fourth-order valence-electron chi connectivity index (χ4n) is 2.98. The molecule has 4 rings (SSSR count). The molecule has 2 nitrogen and oxygen atoms in total. The molecular formula is C26H20N2. The first-order valence-corrected chi connectivity index (χ1v) is 9.27. The maximum Gasteiger partial charge on any atom is 0.0964 e. The van der Waals surface area contributed by atoms with Gasteiger partial charge in [-0.25, -0.2) is 0 Å². The summed E-state index contributed by atoms with van der Waals surface area (Å²) in [5.74, 6) is 0. The lowest BCUT2D eigenvalue weighted by molar-refractivity contribution is 1.45. The fraction of sp³-hybridized carbons (Fsp3) is 0. The number of hydrogen-bond acceptors (Lipinski definition) is 2. The Kier molecular flexibility index (Phi) is 5.50. The quantitative estimate of drug-likeness (QED) is 0.348. The molecule has 134 valence electrons. The highest BCUT2D eigenvalue weighted by atomic mass is 14.8. The lowest BCUT2D eigenvalue weighted by Gasteiger charge is -2.09. The van der Waals surface area contributed by atoms with Crippen LogP contribution in [0.2, 0.25) is 0 Å². The van der Waals surface area contributed by atoms with Crippen molar-refractivity contribution in [2.45, 2.75) is 0 Å². The summed E-state index contributed by atoms with van der Waals surface area (Å²) < 4.78 is 0. The van der Waals surface area contributed by atoms with Crippen LogP contribution in [0.1, 0.15) is 11.1 Å². The molecule has 0 N–H and O–H groups in total. The summed E-state index contributed by atoms with van der Waals surface area (Å²) in [5.41, 5.74) is 6.02. The molecular weight excluding hydrogens is 340 g/mol. The van der Waals surface area contributed by atoms with E-state index >= 15 is 0 Å². The normalized spacial score (nSPS) is 11.3. The maximum absolute atomic E-state index is 4.83. The summed E-state index contributed by atoms with van der Waals surface area (Å²) in [4.78, 5) is 9.56. The second kappa shape index (κ2) is 8.74. The summed E-state index contributed by atoms with van der Waals surface area (Å²) in [7, 11) is 0. The highest BCUT2D eigenvalue weighted by molar-refractivity contribution is 5.92. The zero-order valence-electron chi connectivity index (χ0n) is 15.4. The Morgan fingerprint density at radius 3 is 1.61 bits per heavy atom. The minimum absolute atomic E-state index is 0.845. The van der Waals surface area contributed by atoms with Crippen molar-refractivity contribution in [1.29, 1.82) is 0 Å². The summed E-state index contributed by atoms with van der Waals surface area (Å²) in [5, 5.41) is 0. The molecule has 0 radical (unpaired) electrons. The van der Waals surface area contributed by atoms with Crippen LogP contribution < -0.4 is 0 Å². The molecule has 4 aromatic rings. The lowest BCUT2D eigenvalue weighted by Crippen LogP contribution is -1.84. The SMILES string of the molecule is C(=Nc1cccc(-c2ccccc2)c1N=Cc1ccccc1)c1ccccc1. The number of hydrogen-bond donors (Lipinski definition) is 0. The molecule has 0 saturated carbocycles. The maximum atomic E-state index is 4.83. The van der Waals surface area contributed by atoms with Crippen molar-refractivity contribution in [2.75, 3.05) is 0 Å². The summed E-state index contributed by atoms with van der Waals surface area (Å²) >= 11 is 0. The Morgan fingerprint density at radius 2 is 1.00 bits per heavy atom. The van der Waals surface area contributed by atoms with Gasteiger partial charge in [-0.3, -0.25) is 9.98 Å². The van der Waals surface area contributed by atoms with Crippen molar-refractivity contribution in [1.82, 2.24) is 0 Å². The van der Waals surface area contributed by atoms with Gasteiger partial charge in [0.1, 0.15) is 0 Å². The second-order valence-electron chi connectivity index (χ2n) is 6.38. The van der Waals surface area contributed by atoms with Crippen LogP contribution in [0.25, 0.3) is 11.1 Å². The summed E-state index contributed by atoms with van der Waals surface area (Å²) in [6.45, 7) is 0. The van der Waals surface area contributed by atoms with Gasteiger partial charge in [0.2, 0.25) is 0 Å². The predicted octanol–water partition coefficient (Wildman–Crippen LogP) is 6.85. The van der Waals surface area contributed by atoms with E-state index in [0.29, 0.717) is 0 Å².